The summed E-state index contributed by atoms with van der Waals surface area (Å²) in [6.45, 7) is 0.243. The number of rotatable bonds is 6. The van der Waals surface area contributed by atoms with Crippen LogP contribution in [0, 0.1) is 10.1 Å². The number of hydrogen-bond donors (Lipinski definition) is 1. The molecule has 1 amide bonds. The first kappa shape index (κ1) is 21.8. The van der Waals surface area contributed by atoms with Crippen LogP contribution in [0.3, 0.4) is 0 Å². The number of benzene rings is 1. The van der Waals surface area contributed by atoms with Gasteiger partial charge in [0, 0.05) is 29.6 Å². The van der Waals surface area contributed by atoms with E-state index >= 15 is 0 Å². The molecule has 1 aliphatic heterocycles. The summed E-state index contributed by atoms with van der Waals surface area (Å²) in [5.41, 5.74) is 0.968. The lowest BCUT2D eigenvalue weighted by Crippen LogP contribution is -2.42. The summed E-state index contributed by atoms with van der Waals surface area (Å²) >= 11 is 7.98. The number of nitro groups is 1. The molecule has 0 bridgehead atoms. The van der Waals surface area contributed by atoms with Crippen LogP contribution in [0.2, 0.25) is 4.34 Å². The number of carbonyl (C=O) groups excluding carboxylic acids is 1. The van der Waals surface area contributed by atoms with Crippen LogP contribution in [-0.2, 0) is 14.8 Å². The van der Waals surface area contributed by atoms with Crippen molar-refractivity contribution in [2.45, 2.75) is 23.1 Å². The first-order valence-corrected chi connectivity index (χ1v) is 12.6. The van der Waals surface area contributed by atoms with Gasteiger partial charge in [-0.05, 0) is 25.0 Å². The zero-order valence-corrected chi connectivity index (χ0v) is 18.9. The van der Waals surface area contributed by atoms with Gasteiger partial charge in [0.2, 0.25) is 5.91 Å². The lowest BCUT2D eigenvalue weighted by Gasteiger charge is -2.22. The van der Waals surface area contributed by atoms with Crippen molar-refractivity contribution >= 4 is 61.0 Å². The number of thiazole rings is 1. The van der Waals surface area contributed by atoms with Gasteiger partial charge >= 0.3 is 0 Å². The maximum absolute atomic E-state index is 12.9. The minimum atomic E-state index is -3.83. The zero-order valence-electron chi connectivity index (χ0n) is 15.7. The van der Waals surface area contributed by atoms with E-state index in [1.54, 1.807) is 17.5 Å². The molecule has 1 aromatic carbocycles. The molecule has 4 rings (SSSR count). The number of non-ortho nitro benzene ring substituents is 1. The highest BCUT2D eigenvalue weighted by Gasteiger charge is 2.40. The molecule has 1 saturated heterocycles. The normalized spacial score (nSPS) is 17.0. The average molecular weight is 499 g/mol. The third-order valence-corrected chi connectivity index (χ3v) is 9.07. The molecule has 13 heteroatoms. The van der Waals surface area contributed by atoms with E-state index in [0.717, 1.165) is 22.7 Å². The van der Waals surface area contributed by atoms with Crippen LogP contribution < -0.4 is 5.32 Å². The molecule has 0 spiro atoms. The molecule has 0 saturated carbocycles. The first-order valence-electron chi connectivity index (χ1n) is 9.04. The molecule has 2 aromatic heterocycles. The molecule has 1 aliphatic rings. The number of halogens is 1. The molecule has 0 aliphatic carbocycles. The van der Waals surface area contributed by atoms with E-state index in [4.69, 9.17) is 11.6 Å². The second kappa shape index (κ2) is 8.63. The van der Waals surface area contributed by atoms with Crippen molar-refractivity contribution in [3.05, 3.63) is 56.2 Å². The Morgan fingerprint density at radius 1 is 1.32 bits per heavy atom. The Morgan fingerprint density at radius 3 is 2.84 bits per heavy atom. The fourth-order valence-corrected chi connectivity index (χ4v) is 7.26. The van der Waals surface area contributed by atoms with E-state index in [-0.39, 0.29) is 21.6 Å². The highest BCUT2D eigenvalue weighted by molar-refractivity contribution is 7.91. The number of nitro benzene ring substituents is 1. The van der Waals surface area contributed by atoms with E-state index in [2.05, 4.69) is 10.3 Å². The molecule has 1 atom stereocenters. The van der Waals surface area contributed by atoms with Crippen molar-refractivity contribution in [2.75, 3.05) is 11.9 Å². The molecule has 3 aromatic rings. The van der Waals surface area contributed by atoms with E-state index < -0.39 is 26.9 Å². The summed E-state index contributed by atoms with van der Waals surface area (Å²) in [6, 6.07) is 8.12. The number of nitrogens with zero attached hydrogens (tertiary/aromatic N) is 3. The fraction of sp³-hybridized carbons (Fsp3) is 0.222. The Bertz CT molecular complexity index is 1260. The standard InChI is InChI=1S/C18H15ClN4O5S3/c19-15-6-7-16(30-15)31(27,28)22-8-2-5-14(22)17(24)21-18-20-13(10-29-18)11-3-1-4-12(9-11)23(25)26/h1,3-4,6-7,9-10,14H,2,5,8H2,(H,20,21,24)/t14-/m0/s1. The smallest absolute Gasteiger partial charge is 0.270 e. The van der Waals surface area contributed by atoms with Gasteiger partial charge in [-0.2, -0.15) is 4.31 Å². The predicted octanol–water partition coefficient (Wildman–Crippen LogP) is 4.23. The fourth-order valence-electron chi connectivity index (χ4n) is 3.27. The SMILES string of the molecule is O=C(Nc1nc(-c2cccc([N+](=O)[O-])c2)cs1)[C@@H]1CCCN1S(=O)(=O)c1ccc(Cl)s1. The van der Waals surface area contributed by atoms with Crippen LogP contribution in [0.25, 0.3) is 11.3 Å². The van der Waals surface area contributed by atoms with Crippen LogP contribution in [0.15, 0.2) is 46.0 Å². The number of thiophene rings is 1. The second-order valence-electron chi connectivity index (χ2n) is 6.67. The van der Waals surface area contributed by atoms with Gasteiger partial charge in [-0.3, -0.25) is 14.9 Å². The van der Waals surface area contributed by atoms with Crippen LogP contribution >= 0.6 is 34.3 Å². The van der Waals surface area contributed by atoms with E-state index in [1.165, 1.54) is 28.6 Å². The van der Waals surface area contributed by atoms with Gasteiger partial charge in [0.05, 0.1) is 15.0 Å². The Hall–Kier alpha value is -2.38. The highest BCUT2D eigenvalue weighted by atomic mass is 35.5. The second-order valence-corrected chi connectivity index (χ2v) is 11.4. The quantitative estimate of drug-likeness (QED) is 0.401. The molecule has 1 fully saturated rings. The van der Waals surface area contributed by atoms with Crippen molar-refractivity contribution in [3.63, 3.8) is 0 Å². The summed E-state index contributed by atoms with van der Waals surface area (Å²) in [6.07, 6.45) is 0.959. The molecule has 0 radical (unpaired) electrons. The molecule has 162 valence electrons. The molecular weight excluding hydrogens is 484 g/mol. The summed E-state index contributed by atoms with van der Waals surface area (Å²) in [7, 11) is -3.83. The summed E-state index contributed by atoms with van der Waals surface area (Å²) in [5, 5.41) is 15.6. The van der Waals surface area contributed by atoms with E-state index in [0.29, 0.717) is 28.4 Å². The van der Waals surface area contributed by atoms with Gasteiger partial charge in [0.15, 0.2) is 5.13 Å². The summed E-state index contributed by atoms with van der Waals surface area (Å²) in [5.74, 6) is -0.469. The van der Waals surface area contributed by atoms with Crippen LogP contribution in [0.4, 0.5) is 10.8 Å². The number of hydrogen-bond acceptors (Lipinski definition) is 8. The molecule has 31 heavy (non-hydrogen) atoms. The molecule has 9 nitrogen and oxygen atoms in total. The largest absolute Gasteiger partial charge is 0.301 e. The molecule has 0 unspecified atom stereocenters. The van der Waals surface area contributed by atoms with Crippen molar-refractivity contribution in [1.29, 1.82) is 0 Å². The number of sulfonamides is 1. The van der Waals surface area contributed by atoms with Gasteiger partial charge in [-0.15, -0.1) is 22.7 Å². The van der Waals surface area contributed by atoms with Crippen LogP contribution in [0.5, 0.6) is 0 Å². The van der Waals surface area contributed by atoms with Crippen molar-refractivity contribution < 1.29 is 18.1 Å². The minimum absolute atomic E-state index is 0.0587. The number of aromatic nitrogens is 1. The van der Waals surface area contributed by atoms with Gasteiger partial charge in [-0.25, -0.2) is 13.4 Å². The van der Waals surface area contributed by atoms with Crippen LogP contribution in [-0.4, -0.2) is 41.1 Å². The Balaban J connectivity index is 1.51. The Kier molecular flexibility index (Phi) is 6.08. The van der Waals surface area contributed by atoms with Gasteiger partial charge < -0.3 is 5.32 Å². The van der Waals surface area contributed by atoms with Gasteiger partial charge in [0.1, 0.15) is 10.3 Å². The topological polar surface area (TPSA) is 123 Å². The Morgan fingerprint density at radius 2 is 2.13 bits per heavy atom. The predicted molar refractivity (Wildman–Crippen MR) is 119 cm³/mol. The maximum Gasteiger partial charge on any atom is 0.270 e. The van der Waals surface area contributed by atoms with Gasteiger partial charge in [0.25, 0.3) is 15.7 Å². The molecular formula is C18H15ClN4O5S3. The minimum Gasteiger partial charge on any atom is -0.301 e. The highest BCUT2D eigenvalue weighted by Crippen LogP contribution is 2.33. The third kappa shape index (κ3) is 4.48. The summed E-state index contributed by atoms with van der Waals surface area (Å²) in [4.78, 5) is 27.6. The average Bonchev–Trinajstić information content (AvgIpc) is 3.48. The van der Waals surface area contributed by atoms with E-state index in [1.807, 2.05) is 0 Å². The summed E-state index contributed by atoms with van der Waals surface area (Å²) < 4.78 is 27.5. The number of anilines is 1. The number of nitrogens with one attached hydrogen (secondary N) is 1. The van der Waals surface area contributed by atoms with Crippen molar-refractivity contribution in [2.24, 2.45) is 0 Å². The Labute approximate surface area is 190 Å². The van der Waals surface area contributed by atoms with Crippen LogP contribution in [0.1, 0.15) is 12.8 Å². The van der Waals surface area contributed by atoms with Gasteiger partial charge in [-0.1, -0.05) is 23.7 Å². The monoisotopic (exact) mass is 498 g/mol. The lowest BCUT2D eigenvalue weighted by molar-refractivity contribution is -0.384. The first-order chi connectivity index (χ1) is 14.8. The third-order valence-electron chi connectivity index (χ3n) is 4.70. The number of carbonyl (C=O) groups is 1. The zero-order chi connectivity index (χ0) is 22.2. The maximum atomic E-state index is 12.9. The van der Waals surface area contributed by atoms with E-state index in [9.17, 15) is 23.3 Å². The lowest BCUT2D eigenvalue weighted by atomic mass is 10.1. The number of amides is 1. The molecule has 3 heterocycles. The molecule has 1 N–H and O–H groups in total. The van der Waals surface area contributed by atoms with Crippen molar-refractivity contribution in [3.8, 4) is 11.3 Å². The van der Waals surface area contributed by atoms with Crippen molar-refractivity contribution in [1.82, 2.24) is 9.29 Å².